The topological polar surface area (TPSA) is 55.6 Å². The fraction of sp³-hybridized carbons (Fsp3) is 0.227. The van der Waals surface area contributed by atoms with Gasteiger partial charge in [0.1, 0.15) is 19.0 Å². The number of hydrogen-bond acceptors (Lipinski definition) is 4. The van der Waals surface area contributed by atoms with Crippen LogP contribution in [-0.2, 0) is 19.0 Å². The molecule has 164 valence electrons. The lowest BCUT2D eigenvalue weighted by Crippen LogP contribution is -2.33. The van der Waals surface area contributed by atoms with Crippen molar-refractivity contribution < 1.29 is 35.1 Å². The van der Waals surface area contributed by atoms with Gasteiger partial charge < -0.3 is 8.92 Å². The van der Waals surface area contributed by atoms with E-state index in [2.05, 4.69) is 8.76 Å². The van der Waals surface area contributed by atoms with Crippen molar-refractivity contribution in [1.82, 2.24) is 0 Å². The van der Waals surface area contributed by atoms with Gasteiger partial charge in [-0.3, -0.25) is 0 Å². The van der Waals surface area contributed by atoms with E-state index >= 15 is 0 Å². The largest absolute Gasteiger partial charge is 0.534 e. The Kier molecular flexibility index (Phi) is 7.29. The van der Waals surface area contributed by atoms with Gasteiger partial charge in [0.2, 0.25) is 5.71 Å². The first-order valence-corrected chi connectivity index (χ1v) is 10.9. The van der Waals surface area contributed by atoms with E-state index in [9.17, 15) is 21.6 Å². The van der Waals surface area contributed by atoms with Crippen molar-refractivity contribution >= 4 is 21.6 Å². The lowest BCUT2D eigenvalue weighted by Gasteiger charge is -2.14. The minimum atomic E-state index is -5.80. The van der Waals surface area contributed by atoms with Crippen molar-refractivity contribution in [1.29, 1.82) is 0 Å². The van der Waals surface area contributed by atoms with Crippen LogP contribution in [0, 0.1) is 0 Å². The minimum absolute atomic E-state index is 0.201. The van der Waals surface area contributed by atoms with E-state index in [1.807, 2.05) is 30.3 Å². The summed E-state index contributed by atoms with van der Waals surface area (Å²) < 4.78 is 73.6. The Morgan fingerprint density at radius 2 is 1.48 bits per heavy atom. The zero-order valence-electron chi connectivity index (χ0n) is 16.5. The summed E-state index contributed by atoms with van der Waals surface area (Å²) in [6.45, 7) is 2.43. The van der Waals surface area contributed by atoms with Crippen LogP contribution in [0.3, 0.4) is 0 Å². The molecule has 2 aromatic rings. The van der Waals surface area contributed by atoms with Gasteiger partial charge >= 0.3 is 15.6 Å². The molecule has 0 bridgehead atoms. The molecule has 1 fully saturated rings. The Bertz CT molecular complexity index is 1070. The van der Waals surface area contributed by atoms with Gasteiger partial charge in [-0.15, -0.1) is 0 Å². The highest BCUT2D eigenvalue weighted by atomic mass is 32.2. The molecule has 0 amide bonds. The predicted molar refractivity (Wildman–Crippen MR) is 111 cm³/mol. The van der Waals surface area contributed by atoms with Crippen LogP contribution in [0.4, 0.5) is 13.2 Å². The van der Waals surface area contributed by atoms with Crippen LogP contribution in [0.25, 0.3) is 5.76 Å². The summed E-state index contributed by atoms with van der Waals surface area (Å²) in [4.78, 5) is 0. The second-order valence-electron chi connectivity index (χ2n) is 6.59. The van der Waals surface area contributed by atoms with E-state index in [0.717, 1.165) is 11.3 Å². The van der Waals surface area contributed by atoms with Gasteiger partial charge in [0.15, 0.2) is 13.1 Å². The van der Waals surface area contributed by atoms with E-state index in [1.54, 1.807) is 24.3 Å². The third-order valence-corrected chi connectivity index (χ3v) is 5.43. The monoisotopic (exact) mass is 452 g/mol. The third kappa shape index (κ3) is 6.05. The molecule has 0 aliphatic carbocycles. The van der Waals surface area contributed by atoms with Gasteiger partial charge in [0.05, 0.1) is 0 Å². The van der Waals surface area contributed by atoms with Crippen LogP contribution < -0.4 is 0 Å². The van der Waals surface area contributed by atoms with Gasteiger partial charge in [0.25, 0.3) is 0 Å². The molecule has 0 unspecified atom stereocenters. The number of halogens is 3. The molecule has 9 heteroatoms. The number of nitrogens with zero attached hydrogens (tertiary/aromatic N) is 1. The van der Waals surface area contributed by atoms with Crippen LogP contribution in [-0.4, -0.2) is 50.5 Å². The van der Waals surface area contributed by atoms with Crippen molar-refractivity contribution in [3.05, 3.63) is 90.0 Å². The maximum Gasteiger partial charge on any atom is 0.534 e. The predicted octanol–water partition coefficient (Wildman–Crippen LogP) is 3.98. The lowest BCUT2D eigenvalue weighted by molar-refractivity contribution is -0.548. The van der Waals surface area contributed by atoms with Crippen LogP contribution in [0.1, 0.15) is 11.1 Å². The Morgan fingerprint density at radius 1 is 0.935 bits per heavy atom. The van der Waals surface area contributed by atoms with Gasteiger partial charge in [-0.25, -0.2) is 4.58 Å². The number of morpholine rings is 1. The smallest absolute Gasteiger partial charge is 0.375 e. The van der Waals surface area contributed by atoms with Gasteiger partial charge in [0, 0.05) is 17.2 Å². The van der Waals surface area contributed by atoms with Crippen molar-refractivity contribution in [2.24, 2.45) is 0 Å². The number of rotatable bonds is 6. The molecule has 1 saturated heterocycles. The standard InChI is InChI=1S/C22H21F3NO4S/c23-22(24,25)31(27,28)30-21(19-10-5-2-6-11-19)13-7-12-20(18-8-3-1-4-9-18)26-14-16-29-17-15-26/h1-13H,14-17H2/q+1/b12-7+,21-13+. The van der Waals surface area contributed by atoms with Crippen LogP contribution >= 0.6 is 0 Å². The number of ether oxygens (including phenoxy) is 1. The summed E-state index contributed by atoms with van der Waals surface area (Å²) in [5.41, 5.74) is -3.57. The highest BCUT2D eigenvalue weighted by Gasteiger charge is 2.48. The van der Waals surface area contributed by atoms with Crippen LogP contribution in [0.5, 0.6) is 0 Å². The fourth-order valence-corrected chi connectivity index (χ4v) is 3.45. The minimum Gasteiger partial charge on any atom is -0.375 e. The summed E-state index contributed by atoms with van der Waals surface area (Å²) in [5, 5.41) is 0. The van der Waals surface area contributed by atoms with Crippen molar-refractivity contribution in [3.8, 4) is 0 Å². The molecule has 0 atom stereocenters. The molecular weight excluding hydrogens is 431 g/mol. The van der Waals surface area contributed by atoms with Crippen LogP contribution in [0.15, 0.2) is 78.9 Å². The average molecular weight is 452 g/mol. The second-order valence-corrected chi connectivity index (χ2v) is 8.13. The molecule has 0 aromatic heterocycles. The van der Waals surface area contributed by atoms with Crippen molar-refractivity contribution in [2.45, 2.75) is 5.51 Å². The van der Waals surface area contributed by atoms with E-state index in [-0.39, 0.29) is 5.56 Å². The van der Waals surface area contributed by atoms with Gasteiger partial charge in [-0.05, 0) is 18.2 Å². The zero-order chi connectivity index (χ0) is 22.3. The average Bonchev–Trinajstić information content (AvgIpc) is 2.77. The molecule has 1 aliphatic rings. The summed E-state index contributed by atoms with van der Waals surface area (Å²) in [7, 11) is -5.80. The van der Waals surface area contributed by atoms with E-state index < -0.39 is 21.4 Å². The number of benzene rings is 2. The van der Waals surface area contributed by atoms with Gasteiger partial charge in [-0.1, -0.05) is 54.6 Å². The Hall–Kier alpha value is -2.91. The first kappa shape index (κ1) is 22.8. The zero-order valence-corrected chi connectivity index (χ0v) is 17.3. The SMILES string of the molecule is O=S(=O)(O/C(=C/C=C/C(c1ccccc1)=[N+]1CCOCC1)c1ccccc1)C(F)(F)F. The number of alkyl halides is 3. The highest BCUT2D eigenvalue weighted by Crippen LogP contribution is 2.29. The molecule has 5 nitrogen and oxygen atoms in total. The Labute approximate surface area is 178 Å². The third-order valence-electron chi connectivity index (χ3n) is 4.46. The summed E-state index contributed by atoms with van der Waals surface area (Å²) >= 11 is 0. The summed E-state index contributed by atoms with van der Waals surface area (Å²) in [6.07, 6.45) is 4.40. The maximum absolute atomic E-state index is 12.8. The molecule has 1 aliphatic heterocycles. The molecule has 0 saturated carbocycles. The fourth-order valence-electron chi connectivity index (χ4n) is 2.96. The van der Waals surface area contributed by atoms with E-state index in [4.69, 9.17) is 4.74 Å². The molecule has 31 heavy (non-hydrogen) atoms. The van der Waals surface area contributed by atoms with Crippen molar-refractivity contribution in [3.63, 3.8) is 0 Å². The number of hydrogen-bond donors (Lipinski definition) is 0. The molecule has 0 radical (unpaired) electrons. The second kappa shape index (κ2) is 9.93. The molecule has 0 spiro atoms. The molecule has 1 heterocycles. The summed E-state index contributed by atoms with van der Waals surface area (Å²) in [6, 6.07) is 17.2. The molecule has 3 rings (SSSR count). The lowest BCUT2D eigenvalue weighted by atomic mass is 10.1. The Balaban J connectivity index is 1.99. The maximum atomic E-state index is 12.8. The quantitative estimate of drug-likeness (QED) is 0.219. The molecular formula is C22H21F3NO4S+. The molecule has 0 N–H and O–H groups in total. The Morgan fingerprint density at radius 3 is 2.03 bits per heavy atom. The molecule has 2 aromatic carbocycles. The van der Waals surface area contributed by atoms with E-state index in [1.165, 1.54) is 24.3 Å². The first-order valence-electron chi connectivity index (χ1n) is 9.47. The van der Waals surface area contributed by atoms with Gasteiger partial charge in [-0.2, -0.15) is 21.6 Å². The normalized spacial score (nSPS) is 15.8. The number of allylic oxidation sites excluding steroid dienone is 3. The first-order chi connectivity index (χ1) is 14.8. The highest BCUT2D eigenvalue weighted by molar-refractivity contribution is 7.87. The summed E-state index contributed by atoms with van der Waals surface area (Å²) in [5.74, 6) is -0.427. The van der Waals surface area contributed by atoms with Crippen molar-refractivity contribution in [2.75, 3.05) is 26.3 Å². The van der Waals surface area contributed by atoms with Crippen LogP contribution in [0.2, 0.25) is 0 Å². The van der Waals surface area contributed by atoms with E-state index in [0.29, 0.717) is 26.3 Å².